The molecule has 2 N–H and O–H groups in total. The van der Waals surface area contributed by atoms with Gasteiger partial charge in [0.05, 0.1) is 26.4 Å². The van der Waals surface area contributed by atoms with Crippen molar-refractivity contribution in [2.24, 2.45) is 0 Å². The Morgan fingerprint density at radius 1 is 0.833 bits per heavy atom. The van der Waals surface area contributed by atoms with Gasteiger partial charge in [-0.15, -0.1) is 13.2 Å². The number of hydrogen-bond acceptors (Lipinski definition) is 7. The van der Waals surface area contributed by atoms with Gasteiger partial charge in [0.15, 0.2) is 12.6 Å². The third kappa shape index (κ3) is 18.3. The summed E-state index contributed by atoms with van der Waals surface area (Å²) in [4.78, 5) is 25.6. The molecule has 0 aromatic heterocycles. The van der Waals surface area contributed by atoms with Gasteiger partial charge < -0.3 is 34.5 Å². The number of rotatable bonds is 20. The van der Waals surface area contributed by atoms with E-state index in [0.717, 1.165) is 0 Å². The second kappa shape index (κ2) is 19.2. The molecule has 0 fully saturated rings. The van der Waals surface area contributed by atoms with Crippen LogP contribution in [0, 0.1) is 0 Å². The van der Waals surface area contributed by atoms with Crippen LogP contribution in [0.2, 0.25) is 0 Å². The van der Waals surface area contributed by atoms with Crippen LogP contribution in [0.15, 0.2) is 25.3 Å². The van der Waals surface area contributed by atoms with Crippen molar-refractivity contribution in [1.82, 2.24) is 15.5 Å². The van der Waals surface area contributed by atoms with Crippen molar-refractivity contribution in [3.63, 3.8) is 0 Å². The van der Waals surface area contributed by atoms with Crippen LogP contribution in [0.3, 0.4) is 0 Å². The van der Waals surface area contributed by atoms with Crippen molar-refractivity contribution in [2.45, 2.75) is 39.3 Å². The van der Waals surface area contributed by atoms with Crippen molar-refractivity contribution >= 4 is 11.8 Å². The fourth-order valence-corrected chi connectivity index (χ4v) is 2.21. The maximum absolute atomic E-state index is 11.9. The standard InChI is InChI=1S/C21H39N3O6/c1-6-14-27-18(3)29-16-10-22-20(25)8-12-24(5)13-9-21(26)23-11-17-30-19(4)28-15-7-2/h6-7,18-19H,1-2,8-17H2,3-5H3,(H,22,25)(H,23,26). The van der Waals surface area contributed by atoms with Crippen molar-refractivity contribution in [2.75, 3.05) is 59.7 Å². The molecule has 0 aliphatic carbocycles. The molecule has 0 rings (SSSR count). The minimum Gasteiger partial charge on any atom is -0.354 e. The van der Waals surface area contributed by atoms with Gasteiger partial charge in [-0.25, -0.2) is 0 Å². The van der Waals surface area contributed by atoms with Gasteiger partial charge in [-0.3, -0.25) is 9.59 Å². The lowest BCUT2D eigenvalue weighted by atomic mass is 10.3. The van der Waals surface area contributed by atoms with E-state index in [9.17, 15) is 9.59 Å². The molecule has 174 valence electrons. The second-order valence-electron chi connectivity index (χ2n) is 6.62. The van der Waals surface area contributed by atoms with Crippen LogP contribution in [0.1, 0.15) is 26.7 Å². The van der Waals surface area contributed by atoms with E-state index in [1.54, 1.807) is 26.0 Å². The summed E-state index contributed by atoms with van der Waals surface area (Å²) in [5, 5.41) is 5.59. The molecule has 0 heterocycles. The summed E-state index contributed by atoms with van der Waals surface area (Å²) in [7, 11) is 1.88. The Bertz CT molecular complexity index is 447. The van der Waals surface area contributed by atoms with E-state index >= 15 is 0 Å². The maximum Gasteiger partial charge on any atom is 0.221 e. The zero-order chi connectivity index (χ0) is 22.6. The molecule has 0 saturated carbocycles. The molecular formula is C21H39N3O6. The predicted molar refractivity (Wildman–Crippen MR) is 116 cm³/mol. The molecule has 9 heteroatoms. The summed E-state index contributed by atoms with van der Waals surface area (Å²) >= 11 is 0. The molecule has 0 aliphatic heterocycles. The maximum atomic E-state index is 11.9. The number of hydrogen-bond donors (Lipinski definition) is 2. The first-order valence-corrected chi connectivity index (χ1v) is 10.3. The topological polar surface area (TPSA) is 98.4 Å². The molecule has 0 aromatic rings. The number of ether oxygens (including phenoxy) is 4. The fourth-order valence-electron chi connectivity index (χ4n) is 2.21. The van der Waals surface area contributed by atoms with Gasteiger partial charge >= 0.3 is 0 Å². The van der Waals surface area contributed by atoms with E-state index in [4.69, 9.17) is 18.9 Å². The van der Waals surface area contributed by atoms with E-state index in [2.05, 4.69) is 23.8 Å². The highest BCUT2D eigenvalue weighted by Crippen LogP contribution is 1.95. The van der Waals surface area contributed by atoms with E-state index in [0.29, 0.717) is 65.4 Å². The first-order valence-electron chi connectivity index (χ1n) is 10.3. The Hall–Kier alpha value is -1.78. The third-order valence-corrected chi connectivity index (χ3v) is 3.89. The fraction of sp³-hybridized carbons (Fsp3) is 0.714. The summed E-state index contributed by atoms with van der Waals surface area (Å²) in [6.07, 6.45) is 3.35. The second-order valence-corrected chi connectivity index (χ2v) is 6.62. The van der Waals surface area contributed by atoms with Gasteiger partial charge in [0, 0.05) is 39.0 Å². The first-order chi connectivity index (χ1) is 14.4. The average Bonchev–Trinajstić information content (AvgIpc) is 2.73. The van der Waals surface area contributed by atoms with Crippen molar-refractivity contribution in [1.29, 1.82) is 0 Å². The Kier molecular flexibility index (Phi) is 18.1. The van der Waals surface area contributed by atoms with Crippen LogP contribution < -0.4 is 10.6 Å². The number of nitrogens with one attached hydrogen (secondary N) is 2. The summed E-state index contributed by atoms with van der Waals surface area (Å²) in [5.41, 5.74) is 0. The Labute approximate surface area is 180 Å². The lowest BCUT2D eigenvalue weighted by Crippen LogP contribution is -2.34. The molecule has 2 unspecified atom stereocenters. The van der Waals surface area contributed by atoms with Crippen molar-refractivity contribution < 1.29 is 28.5 Å². The quantitative estimate of drug-likeness (QED) is 0.170. The van der Waals surface area contributed by atoms with E-state index in [1.807, 2.05) is 11.9 Å². The van der Waals surface area contributed by atoms with Crippen LogP contribution in [0.5, 0.6) is 0 Å². The number of amides is 2. The number of carbonyl (C=O) groups excluding carboxylic acids is 2. The Balaban J connectivity index is 3.65. The third-order valence-electron chi connectivity index (χ3n) is 3.89. The highest BCUT2D eigenvalue weighted by atomic mass is 16.7. The molecule has 30 heavy (non-hydrogen) atoms. The van der Waals surface area contributed by atoms with Crippen molar-refractivity contribution in [3.05, 3.63) is 25.3 Å². The zero-order valence-corrected chi connectivity index (χ0v) is 18.7. The Morgan fingerprint density at radius 2 is 1.23 bits per heavy atom. The van der Waals surface area contributed by atoms with Crippen LogP contribution in [-0.2, 0) is 28.5 Å². The largest absolute Gasteiger partial charge is 0.354 e. The molecule has 0 bridgehead atoms. The van der Waals surface area contributed by atoms with E-state index in [-0.39, 0.29) is 24.4 Å². The van der Waals surface area contributed by atoms with E-state index in [1.165, 1.54) is 0 Å². The first kappa shape index (κ1) is 28.2. The lowest BCUT2D eigenvalue weighted by molar-refractivity contribution is -0.128. The van der Waals surface area contributed by atoms with Crippen LogP contribution in [0.4, 0.5) is 0 Å². The predicted octanol–water partition coefficient (Wildman–Crippen LogP) is 1.06. The smallest absolute Gasteiger partial charge is 0.221 e. The molecule has 0 saturated heterocycles. The van der Waals surface area contributed by atoms with Gasteiger partial charge in [0.2, 0.25) is 11.8 Å². The van der Waals surface area contributed by atoms with Gasteiger partial charge in [-0.1, -0.05) is 12.2 Å². The molecule has 9 nitrogen and oxygen atoms in total. The van der Waals surface area contributed by atoms with Crippen LogP contribution in [0.25, 0.3) is 0 Å². The van der Waals surface area contributed by atoms with E-state index < -0.39 is 0 Å². The summed E-state index contributed by atoms with van der Waals surface area (Å²) < 4.78 is 21.3. The monoisotopic (exact) mass is 429 g/mol. The summed E-state index contributed by atoms with van der Waals surface area (Å²) in [6, 6.07) is 0. The molecule has 2 atom stereocenters. The van der Waals surface area contributed by atoms with Gasteiger partial charge in [0.1, 0.15) is 0 Å². The SMILES string of the molecule is C=CCOC(C)OCCNC(=O)CCN(C)CCC(=O)NCCOC(C)OCC=C. The minimum atomic E-state index is -0.335. The lowest BCUT2D eigenvalue weighted by Gasteiger charge is -2.17. The minimum absolute atomic E-state index is 0.0560. The molecule has 0 aromatic carbocycles. The van der Waals surface area contributed by atoms with Gasteiger partial charge in [0.25, 0.3) is 0 Å². The highest BCUT2D eigenvalue weighted by Gasteiger charge is 2.08. The normalized spacial score (nSPS) is 12.9. The molecule has 0 aliphatic rings. The molecule has 0 spiro atoms. The summed E-state index contributed by atoms with van der Waals surface area (Å²) in [6.45, 7) is 14.3. The molecule has 2 amide bonds. The Morgan fingerprint density at radius 3 is 1.60 bits per heavy atom. The highest BCUT2D eigenvalue weighted by molar-refractivity contribution is 5.76. The zero-order valence-electron chi connectivity index (χ0n) is 18.7. The average molecular weight is 430 g/mol. The van der Waals surface area contributed by atoms with Gasteiger partial charge in [-0.2, -0.15) is 0 Å². The van der Waals surface area contributed by atoms with Crippen LogP contribution >= 0.6 is 0 Å². The van der Waals surface area contributed by atoms with Crippen molar-refractivity contribution in [3.8, 4) is 0 Å². The molecule has 0 radical (unpaired) electrons. The number of nitrogens with zero attached hydrogens (tertiary/aromatic N) is 1. The van der Waals surface area contributed by atoms with Crippen LogP contribution in [-0.4, -0.2) is 88.9 Å². The number of carbonyl (C=O) groups is 2. The molecular weight excluding hydrogens is 390 g/mol. The summed E-state index contributed by atoms with van der Waals surface area (Å²) in [5.74, 6) is -0.112. The van der Waals surface area contributed by atoms with Gasteiger partial charge in [-0.05, 0) is 20.9 Å².